The van der Waals surface area contributed by atoms with Crippen molar-refractivity contribution in [1.82, 2.24) is 0 Å². The van der Waals surface area contributed by atoms with Crippen LogP contribution < -0.4 is 10.6 Å². The van der Waals surface area contributed by atoms with E-state index in [9.17, 15) is 28.1 Å². The van der Waals surface area contributed by atoms with Crippen LogP contribution >= 0.6 is 11.6 Å². The van der Waals surface area contributed by atoms with Gasteiger partial charge in [-0.05, 0) is 24.3 Å². The predicted molar refractivity (Wildman–Crippen MR) is 82.2 cm³/mol. The minimum absolute atomic E-state index is 0.0691. The van der Waals surface area contributed by atoms with E-state index in [1.54, 1.807) is 0 Å². The van der Waals surface area contributed by atoms with Crippen LogP contribution in [0.2, 0.25) is 5.02 Å². The van der Waals surface area contributed by atoms with Crippen LogP contribution in [-0.2, 0) is 6.18 Å². The van der Waals surface area contributed by atoms with Gasteiger partial charge in [0, 0.05) is 17.8 Å². The molecule has 0 aliphatic rings. The van der Waals surface area contributed by atoms with E-state index in [4.69, 9.17) is 11.6 Å². The SMILES string of the molecule is O=C(Nc1cccc(C(F)(F)F)c1)Nc1ccc([N+](=O)[O-])cc1Cl. The second-order valence-corrected chi connectivity index (χ2v) is 4.99. The number of carbonyl (C=O) groups excluding carboxylic acids is 1. The summed E-state index contributed by atoms with van der Waals surface area (Å²) in [5.74, 6) is 0. The molecule has 24 heavy (non-hydrogen) atoms. The first-order valence-electron chi connectivity index (χ1n) is 6.36. The van der Waals surface area contributed by atoms with Crippen molar-refractivity contribution in [2.24, 2.45) is 0 Å². The Kier molecular flexibility index (Phi) is 4.93. The number of halogens is 4. The van der Waals surface area contributed by atoms with E-state index in [1.165, 1.54) is 12.1 Å². The van der Waals surface area contributed by atoms with Gasteiger partial charge in [0.15, 0.2) is 0 Å². The number of rotatable bonds is 3. The Bertz CT molecular complexity index is 796. The maximum atomic E-state index is 12.6. The van der Waals surface area contributed by atoms with Crippen LogP contribution in [0, 0.1) is 10.1 Å². The number of hydrogen-bond acceptors (Lipinski definition) is 3. The Labute approximate surface area is 138 Å². The fourth-order valence-corrected chi connectivity index (χ4v) is 2.00. The molecule has 0 saturated heterocycles. The van der Waals surface area contributed by atoms with Gasteiger partial charge in [-0.15, -0.1) is 0 Å². The summed E-state index contributed by atoms with van der Waals surface area (Å²) in [6, 6.07) is 6.63. The molecule has 2 amide bonds. The number of nitrogens with one attached hydrogen (secondary N) is 2. The number of benzene rings is 2. The highest BCUT2D eigenvalue weighted by molar-refractivity contribution is 6.34. The van der Waals surface area contributed by atoms with Gasteiger partial charge >= 0.3 is 12.2 Å². The van der Waals surface area contributed by atoms with Gasteiger partial charge < -0.3 is 10.6 Å². The van der Waals surface area contributed by atoms with Gasteiger partial charge in [0.2, 0.25) is 0 Å². The molecular formula is C14H9ClF3N3O3. The van der Waals surface area contributed by atoms with Crippen LogP contribution in [0.1, 0.15) is 5.56 Å². The lowest BCUT2D eigenvalue weighted by atomic mass is 10.2. The highest BCUT2D eigenvalue weighted by atomic mass is 35.5. The molecule has 2 aromatic rings. The molecular weight excluding hydrogens is 351 g/mol. The monoisotopic (exact) mass is 359 g/mol. The summed E-state index contributed by atoms with van der Waals surface area (Å²) in [5, 5.41) is 15.0. The van der Waals surface area contributed by atoms with E-state index < -0.39 is 22.7 Å². The zero-order valence-electron chi connectivity index (χ0n) is 11.7. The number of amides is 2. The van der Waals surface area contributed by atoms with E-state index >= 15 is 0 Å². The molecule has 0 bridgehead atoms. The summed E-state index contributed by atoms with van der Waals surface area (Å²) >= 11 is 5.81. The highest BCUT2D eigenvalue weighted by Gasteiger charge is 2.30. The van der Waals surface area contributed by atoms with E-state index in [1.807, 2.05) is 0 Å². The van der Waals surface area contributed by atoms with Crippen LogP contribution in [-0.4, -0.2) is 11.0 Å². The summed E-state index contributed by atoms with van der Waals surface area (Å²) in [6.45, 7) is 0. The van der Waals surface area contributed by atoms with Crippen LogP contribution in [0.4, 0.5) is 35.0 Å². The Morgan fingerprint density at radius 1 is 1.12 bits per heavy atom. The second-order valence-electron chi connectivity index (χ2n) is 4.58. The number of carbonyl (C=O) groups is 1. The highest BCUT2D eigenvalue weighted by Crippen LogP contribution is 2.31. The third-order valence-corrected chi connectivity index (χ3v) is 3.17. The van der Waals surface area contributed by atoms with Crippen LogP contribution in [0.15, 0.2) is 42.5 Å². The van der Waals surface area contributed by atoms with Crippen molar-refractivity contribution in [2.45, 2.75) is 6.18 Å². The van der Waals surface area contributed by atoms with E-state index in [0.717, 1.165) is 30.3 Å². The molecule has 0 atom stereocenters. The third-order valence-electron chi connectivity index (χ3n) is 2.86. The summed E-state index contributed by atoms with van der Waals surface area (Å²) in [4.78, 5) is 21.8. The van der Waals surface area contributed by atoms with Crippen LogP contribution in [0.3, 0.4) is 0 Å². The maximum Gasteiger partial charge on any atom is 0.416 e. The molecule has 0 aliphatic heterocycles. The number of nitrogens with zero attached hydrogens (tertiary/aromatic N) is 1. The summed E-state index contributed by atoms with van der Waals surface area (Å²) in [7, 11) is 0. The average Bonchev–Trinajstić information content (AvgIpc) is 2.48. The smallest absolute Gasteiger partial charge is 0.308 e. The van der Waals surface area contributed by atoms with Crippen molar-refractivity contribution in [3.05, 3.63) is 63.2 Å². The first-order chi connectivity index (χ1) is 11.2. The molecule has 2 rings (SSSR count). The number of nitro benzene ring substituents is 1. The Balaban J connectivity index is 2.10. The lowest BCUT2D eigenvalue weighted by molar-refractivity contribution is -0.384. The first-order valence-corrected chi connectivity index (χ1v) is 6.74. The lowest BCUT2D eigenvalue weighted by Gasteiger charge is -2.11. The number of nitro groups is 1. The third kappa shape index (κ3) is 4.35. The van der Waals surface area contributed by atoms with Gasteiger partial charge in [0.25, 0.3) is 5.69 Å². The zero-order valence-corrected chi connectivity index (χ0v) is 12.5. The molecule has 126 valence electrons. The molecule has 0 radical (unpaired) electrons. The van der Waals surface area contributed by atoms with Crippen LogP contribution in [0.5, 0.6) is 0 Å². The standard InChI is InChI=1S/C14H9ClF3N3O3/c15-11-7-10(21(23)24)4-5-12(11)20-13(22)19-9-3-1-2-8(6-9)14(16,17)18/h1-7H,(H2,19,20,22). The van der Waals surface area contributed by atoms with Gasteiger partial charge in [-0.25, -0.2) is 4.79 Å². The summed E-state index contributed by atoms with van der Waals surface area (Å²) in [5.41, 5.74) is -1.16. The molecule has 2 aromatic carbocycles. The lowest BCUT2D eigenvalue weighted by Crippen LogP contribution is -2.20. The average molecular weight is 360 g/mol. The molecule has 0 heterocycles. The Hall–Kier alpha value is -2.81. The normalized spacial score (nSPS) is 11.0. The number of hydrogen-bond donors (Lipinski definition) is 2. The molecule has 10 heteroatoms. The molecule has 0 aromatic heterocycles. The predicted octanol–water partition coefficient (Wildman–Crippen LogP) is 4.91. The quantitative estimate of drug-likeness (QED) is 0.603. The van der Waals surface area contributed by atoms with Crippen molar-refractivity contribution in [3.63, 3.8) is 0 Å². The maximum absolute atomic E-state index is 12.6. The van der Waals surface area contributed by atoms with Crippen LogP contribution in [0.25, 0.3) is 0 Å². The van der Waals surface area contributed by atoms with Gasteiger partial charge in [0.05, 0.1) is 21.2 Å². The second kappa shape index (κ2) is 6.75. The van der Waals surface area contributed by atoms with Gasteiger partial charge in [-0.1, -0.05) is 17.7 Å². The number of alkyl halides is 3. The molecule has 0 unspecified atom stereocenters. The first kappa shape index (κ1) is 17.5. The fourth-order valence-electron chi connectivity index (χ4n) is 1.78. The molecule has 6 nitrogen and oxygen atoms in total. The van der Waals surface area contributed by atoms with Crippen molar-refractivity contribution < 1.29 is 22.9 Å². The van der Waals surface area contributed by atoms with Gasteiger partial charge in [0.1, 0.15) is 0 Å². The van der Waals surface area contributed by atoms with E-state index in [0.29, 0.717) is 0 Å². The van der Waals surface area contributed by atoms with Crippen molar-refractivity contribution >= 4 is 34.7 Å². The molecule has 0 saturated carbocycles. The van der Waals surface area contributed by atoms with Gasteiger partial charge in [-0.3, -0.25) is 10.1 Å². The number of urea groups is 1. The van der Waals surface area contributed by atoms with E-state index in [2.05, 4.69) is 10.6 Å². The van der Waals surface area contributed by atoms with Crippen molar-refractivity contribution in [3.8, 4) is 0 Å². The zero-order chi connectivity index (χ0) is 17.9. The Morgan fingerprint density at radius 2 is 1.83 bits per heavy atom. The summed E-state index contributed by atoms with van der Waals surface area (Å²) < 4.78 is 37.8. The molecule has 0 aliphatic carbocycles. The minimum Gasteiger partial charge on any atom is -0.308 e. The fraction of sp³-hybridized carbons (Fsp3) is 0.0714. The van der Waals surface area contributed by atoms with Crippen molar-refractivity contribution in [1.29, 1.82) is 0 Å². The Morgan fingerprint density at radius 3 is 2.42 bits per heavy atom. The topological polar surface area (TPSA) is 84.3 Å². The molecule has 0 spiro atoms. The molecule has 0 fully saturated rings. The molecule has 2 N–H and O–H groups in total. The summed E-state index contributed by atoms with van der Waals surface area (Å²) in [6.07, 6.45) is -4.53. The van der Waals surface area contributed by atoms with E-state index in [-0.39, 0.29) is 22.1 Å². The largest absolute Gasteiger partial charge is 0.416 e. The van der Waals surface area contributed by atoms with Crippen molar-refractivity contribution in [2.75, 3.05) is 10.6 Å². The van der Waals surface area contributed by atoms with Gasteiger partial charge in [-0.2, -0.15) is 13.2 Å². The number of non-ortho nitro benzene ring substituents is 1. The minimum atomic E-state index is -4.53. The number of anilines is 2.